The molecule has 4 rings (SSSR count). The van der Waals surface area contributed by atoms with Gasteiger partial charge >= 0.3 is 0 Å². The van der Waals surface area contributed by atoms with Gasteiger partial charge in [-0.05, 0) is 42.9 Å². The highest BCUT2D eigenvalue weighted by atomic mass is 16.5. The Kier molecular flexibility index (Phi) is 5.89. The number of ether oxygens (including phenoxy) is 1. The van der Waals surface area contributed by atoms with Crippen molar-refractivity contribution in [3.63, 3.8) is 0 Å². The van der Waals surface area contributed by atoms with E-state index in [0.717, 1.165) is 43.9 Å². The highest BCUT2D eigenvalue weighted by molar-refractivity contribution is 5.89. The Morgan fingerprint density at radius 1 is 1.40 bits per heavy atom. The highest BCUT2D eigenvalue weighted by Crippen LogP contribution is 2.21. The lowest BCUT2D eigenvalue weighted by atomic mass is 9.95. The van der Waals surface area contributed by atoms with Crippen molar-refractivity contribution < 1.29 is 9.53 Å². The van der Waals surface area contributed by atoms with E-state index in [9.17, 15) is 9.59 Å². The van der Waals surface area contributed by atoms with Crippen LogP contribution in [0.4, 0.5) is 5.82 Å². The van der Waals surface area contributed by atoms with Crippen LogP contribution in [0.2, 0.25) is 0 Å². The molecule has 0 radical (unpaired) electrons. The van der Waals surface area contributed by atoms with Gasteiger partial charge in [0.05, 0.1) is 0 Å². The summed E-state index contributed by atoms with van der Waals surface area (Å²) >= 11 is 0. The Bertz CT molecular complexity index is 1080. The average Bonchev–Trinajstić information content (AvgIpc) is 3.15. The highest BCUT2D eigenvalue weighted by Gasteiger charge is 2.19. The van der Waals surface area contributed by atoms with Crippen molar-refractivity contribution in [2.75, 3.05) is 18.5 Å². The summed E-state index contributed by atoms with van der Waals surface area (Å²) in [6, 6.07) is 3.51. The normalized spacial score (nSPS) is 16.8. The number of nitrogens with zero attached hydrogens (tertiary/aromatic N) is 5. The molecular weight excluding hydrogens is 384 g/mol. The summed E-state index contributed by atoms with van der Waals surface area (Å²) in [6.07, 6.45) is 7.96. The molecule has 0 bridgehead atoms. The van der Waals surface area contributed by atoms with Crippen molar-refractivity contribution in [2.45, 2.75) is 45.6 Å². The third-order valence-corrected chi connectivity index (χ3v) is 5.24. The van der Waals surface area contributed by atoms with Crippen molar-refractivity contribution in [1.29, 1.82) is 0 Å². The number of anilines is 1. The fraction of sp³-hybridized carbons (Fsp3) is 0.476. The number of hydrogen-bond acceptors (Lipinski definition) is 6. The van der Waals surface area contributed by atoms with Crippen LogP contribution in [0.1, 0.15) is 44.0 Å². The third kappa shape index (κ3) is 4.40. The molecule has 4 heterocycles. The molecule has 1 N–H and O–H groups in total. The maximum Gasteiger partial charge on any atom is 0.291 e. The molecule has 1 fully saturated rings. The zero-order chi connectivity index (χ0) is 21.1. The van der Waals surface area contributed by atoms with Crippen LogP contribution in [0.15, 0.2) is 35.6 Å². The monoisotopic (exact) mass is 410 g/mol. The van der Waals surface area contributed by atoms with Crippen molar-refractivity contribution in [3.05, 3.63) is 52.6 Å². The number of amides is 1. The number of aromatic nitrogens is 5. The lowest BCUT2D eigenvalue weighted by molar-refractivity contribution is -0.117. The van der Waals surface area contributed by atoms with E-state index in [4.69, 9.17) is 4.74 Å². The quantitative estimate of drug-likeness (QED) is 0.667. The molecule has 1 aliphatic heterocycles. The Labute approximate surface area is 174 Å². The molecule has 1 amide bonds. The SMILES string of the molecule is CC(C)c1nn(CC(=O)Nc2ccncn2)c(=O)c2cc(CC3CCCOC3)cn12. The lowest BCUT2D eigenvalue weighted by Gasteiger charge is -2.21. The van der Waals surface area contributed by atoms with Gasteiger partial charge in [-0.1, -0.05) is 13.8 Å². The maximum absolute atomic E-state index is 13.0. The molecule has 1 aliphatic rings. The second-order valence-electron chi connectivity index (χ2n) is 8.01. The van der Waals surface area contributed by atoms with Gasteiger partial charge in [0.2, 0.25) is 5.91 Å². The van der Waals surface area contributed by atoms with E-state index < -0.39 is 0 Å². The van der Waals surface area contributed by atoms with Crippen LogP contribution in [0.25, 0.3) is 5.52 Å². The smallest absolute Gasteiger partial charge is 0.291 e. The Morgan fingerprint density at radius 3 is 2.97 bits per heavy atom. The first kappa shape index (κ1) is 20.2. The Balaban J connectivity index is 1.62. The van der Waals surface area contributed by atoms with Gasteiger partial charge in [-0.15, -0.1) is 0 Å². The summed E-state index contributed by atoms with van der Waals surface area (Å²) < 4.78 is 8.68. The van der Waals surface area contributed by atoms with Gasteiger partial charge in [0.25, 0.3) is 5.56 Å². The number of nitrogens with one attached hydrogen (secondary N) is 1. The third-order valence-electron chi connectivity index (χ3n) is 5.24. The van der Waals surface area contributed by atoms with Crippen molar-refractivity contribution >= 4 is 17.2 Å². The molecular formula is C21H26N6O3. The van der Waals surface area contributed by atoms with Crippen LogP contribution in [0, 0.1) is 5.92 Å². The van der Waals surface area contributed by atoms with Gasteiger partial charge < -0.3 is 10.1 Å². The van der Waals surface area contributed by atoms with Gasteiger partial charge in [0.15, 0.2) is 0 Å². The van der Waals surface area contributed by atoms with Crippen molar-refractivity contribution in [3.8, 4) is 0 Å². The van der Waals surface area contributed by atoms with Gasteiger partial charge in [-0.25, -0.2) is 14.6 Å². The molecule has 0 aromatic carbocycles. The molecule has 9 nitrogen and oxygen atoms in total. The lowest BCUT2D eigenvalue weighted by Crippen LogP contribution is -2.32. The standard InChI is InChI=1S/C21H26N6O3/c1-14(2)20-25-27(11-19(28)24-18-5-6-22-13-23-18)21(29)17-9-16(10-26(17)20)8-15-4-3-7-30-12-15/h5-6,9-10,13-15H,3-4,7-8,11-12H2,1-2H3,(H,22,23,24,28). The molecule has 3 aromatic rings. The first-order chi connectivity index (χ1) is 14.5. The molecule has 9 heteroatoms. The number of carbonyl (C=O) groups excluding carboxylic acids is 1. The minimum absolute atomic E-state index is 0.0857. The average molecular weight is 410 g/mol. The van der Waals surface area contributed by atoms with E-state index in [2.05, 4.69) is 20.4 Å². The molecule has 3 aromatic heterocycles. The predicted molar refractivity (Wildman–Crippen MR) is 111 cm³/mol. The Morgan fingerprint density at radius 2 is 2.27 bits per heavy atom. The summed E-state index contributed by atoms with van der Waals surface area (Å²) in [5.74, 6) is 1.31. The number of hydrogen-bond donors (Lipinski definition) is 1. The van der Waals surface area contributed by atoms with Crippen LogP contribution in [0.5, 0.6) is 0 Å². The van der Waals surface area contributed by atoms with E-state index in [-0.39, 0.29) is 23.9 Å². The van der Waals surface area contributed by atoms with Crippen molar-refractivity contribution in [2.24, 2.45) is 5.92 Å². The summed E-state index contributed by atoms with van der Waals surface area (Å²) in [4.78, 5) is 33.3. The zero-order valence-electron chi connectivity index (χ0n) is 17.2. The summed E-state index contributed by atoms with van der Waals surface area (Å²) in [7, 11) is 0. The molecule has 158 valence electrons. The van der Waals surface area contributed by atoms with Crippen LogP contribution >= 0.6 is 0 Å². The molecule has 0 aliphatic carbocycles. The van der Waals surface area contributed by atoms with E-state index in [0.29, 0.717) is 17.3 Å². The zero-order valence-corrected chi connectivity index (χ0v) is 17.2. The van der Waals surface area contributed by atoms with E-state index >= 15 is 0 Å². The fourth-order valence-electron chi connectivity index (χ4n) is 3.82. The number of rotatable bonds is 6. The largest absolute Gasteiger partial charge is 0.381 e. The second-order valence-corrected chi connectivity index (χ2v) is 8.01. The number of fused-ring (bicyclic) bond motifs is 1. The van der Waals surface area contributed by atoms with E-state index in [1.807, 2.05) is 30.5 Å². The molecule has 30 heavy (non-hydrogen) atoms. The minimum Gasteiger partial charge on any atom is -0.381 e. The summed E-state index contributed by atoms with van der Waals surface area (Å²) in [5, 5.41) is 7.15. The van der Waals surface area contributed by atoms with Crippen LogP contribution in [-0.2, 0) is 22.5 Å². The van der Waals surface area contributed by atoms with E-state index in [1.54, 1.807) is 6.07 Å². The summed E-state index contributed by atoms with van der Waals surface area (Å²) in [5.41, 5.74) is 1.34. The van der Waals surface area contributed by atoms with Gasteiger partial charge in [0.1, 0.15) is 30.0 Å². The molecule has 1 unspecified atom stereocenters. The summed E-state index contributed by atoms with van der Waals surface area (Å²) in [6.45, 7) is 5.45. The first-order valence-electron chi connectivity index (χ1n) is 10.3. The fourth-order valence-corrected chi connectivity index (χ4v) is 3.82. The van der Waals surface area contributed by atoms with E-state index in [1.165, 1.54) is 17.2 Å². The van der Waals surface area contributed by atoms with Crippen LogP contribution in [0.3, 0.4) is 0 Å². The van der Waals surface area contributed by atoms with Gasteiger partial charge in [0, 0.05) is 31.5 Å². The molecule has 1 saturated heterocycles. The predicted octanol–water partition coefficient (Wildman–Crippen LogP) is 2.02. The second kappa shape index (κ2) is 8.74. The van der Waals surface area contributed by atoms with Gasteiger partial charge in [-0.3, -0.25) is 14.0 Å². The molecule has 1 atom stereocenters. The van der Waals surface area contributed by atoms with Crippen LogP contribution < -0.4 is 10.9 Å². The first-order valence-corrected chi connectivity index (χ1v) is 10.3. The molecule has 0 spiro atoms. The number of carbonyl (C=O) groups is 1. The molecule has 0 saturated carbocycles. The van der Waals surface area contributed by atoms with Crippen molar-refractivity contribution in [1.82, 2.24) is 24.1 Å². The van der Waals surface area contributed by atoms with Crippen LogP contribution in [-0.4, -0.2) is 43.3 Å². The Hall–Kier alpha value is -3.07. The maximum atomic E-state index is 13.0. The topological polar surface area (TPSA) is 103 Å². The minimum atomic E-state index is -0.367. The van der Waals surface area contributed by atoms with Gasteiger partial charge in [-0.2, -0.15) is 5.10 Å².